The minimum atomic E-state index is -0.675. The van der Waals surface area contributed by atoms with Gasteiger partial charge in [0, 0.05) is 0 Å². The lowest BCUT2D eigenvalue weighted by Gasteiger charge is -2.32. The van der Waals surface area contributed by atoms with Crippen molar-refractivity contribution in [1.29, 1.82) is 0 Å². The van der Waals surface area contributed by atoms with Gasteiger partial charge in [-0.3, -0.25) is 14.5 Å². The Labute approximate surface area is 109 Å². The van der Waals surface area contributed by atoms with E-state index in [4.69, 9.17) is 14.6 Å². The van der Waals surface area contributed by atoms with Crippen molar-refractivity contribution in [2.24, 2.45) is 0 Å². The van der Waals surface area contributed by atoms with Gasteiger partial charge in [0.2, 0.25) is 0 Å². The monoisotopic (exact) mass is 263 g/mol. The average molecular weight is 263 g/mol. The Bertz CT molecular complexity index is 487. The van der Waals surface area contributed by atoms with Crippen LogP contribution in [0.1, 0.15) is 20.7 Å². The third-order valence-corrected chi connectivity index (χ3v) is 3.29. The number of hydrogen-bond acceptors (Lipinski definition) is 5. The van der Waals surface area contributed by atoms with Gasteiger partial charge in [-0.25, -0.2) is 0 Å². The van der Waals surface area contributed by atoms with Gasteiger partial charge < -0.3 is 14.6 Å². The molecular formula is C13H13NO5. The van der Waals surface area contributed by atoms with Crippen LogP contribution in [-0.2, 0) is 9.47 Å². The summed E-state index contributed by atoms with van der Waals surface area (Å²) in [6, 6.07) is 6.27. The smallest absolute Gasteiger partial charge is 0.261 e. The number of aliphatic hydroxyl groups excluding tert-OH is 1. The molecule has 3 rings (SSSR count). The first-order chi connectivity index (χ1) is 9.22. The van der Waals surface area contributed by atoms with Gasteiger partial charge in [-0.15, -0.1) is 0 Å². The molecule has 100 valence electrons. The third-order valence-electron chi connectivity index (χ3n) is 3.29. The number of benzene rings is 1. The van der Waals surface area contributed by atoms with Gasteiger partial charge in [-0.2, -0.15) is 0 Å². The first-order valence-electron chi connectivity index (χ1n) is 6.03. The highest BCUT2D eigenvalue weighted by Gasteiger charge is 2.41. The van der Waals surface area contributed by atoms with Crippen molar-refractivity contribution in [2.45, 2.75) is 12.3 Å². The zero-order valence-electron chi connectivity index (χ0n) is 10.1. The number of aliphatic hydroxyl groups is 1. The van der Waals surface area contributed by atoms with E-state index in [1.165, 1.54) is 4.90 Å². The van der Waals surface area contributed by atoms with Crippen LogP contribution in [0.2, 0.25) is 0 Å². The molecule has 1 N–H and O–H groups in total. The van der Waals surface area contributed by atoms with Gasteiger partial charge in [0.15, 0.2) is 6.29 Å². The lowest BCUT2D eigenvalue weighted by atomic mass is 10.1. The van der Waals surface area contributed by atoms with E-state index in [1.54, 1.807) is 24.3 Å². The number of fused-ring (bicyclic) bond motifs is 1. The summed E-state index contributed by atoms with van der Waals surface area (Å²) in [5.41, 5.74) is 0.827. The van der Waals surface area contributed by atoms with Crippen molar-refractivity contribution in [3.05, 3.63) is 35.4 Å². The Morgan fingerprint density at radius 2 is 1.63 bits per heavy atom. The fraction of sp³-hybridized carbons (Fsp3) is 0.385. The second-order valence-electron chi connectivity index (χ2n) is 4.46. The number of hydrogen-bond donors (Lipinski definition) is 1. The van der Waals surface area contributed by atoms with Crippen LogP contribution in [-0.4, -0.2) is 54.0 Å². The molecule has 0 bridgehead atoms. The molecule has 2 aliphatic heterocycles. The molecule has 2 amide bonds. The number of nitrogens with zero attached hydrogens (tertiary/aromatic N) is 1. The second kappa shape index (κ2) is 4.73. The highest BCUT2D eigenvalue weighted by molar-refractivity contribution is 6.21. The number of rotatable bonds is 2. The maximum absolute atomic E-state index is 12.2. The van der Waals surface area contributed by atoms with Crippen LogP contribution in [0, 0.1) is 0 Å². The SMILES string of the molecule is O=C1c2ccccc2C(=O)N1[C@H]1CO[C@H](CO)OC1. The molecule has 2 heterocycles. The van der Waals surface area contributed by atoms with E-state index in [-0.39, 0.29) is 31.6 Å². The van der Waals surface area contributed by atoms with E-state index in [0.29, 0.717) is 11.1 Å². The van der Waals surface area contributed by atoms with Crippen LogP contribution in [0.5, 0.6) is 0 Å². The van der Waals surface area contributed by atoms with Crippen LogP contribution in [0.4, 0.5) is 0 Å². The lowest BCUT2D eigenvalue weighted by molar-refractivity contribution is -0.211. The first-order valence-corrected chi connectivity index (χ1v) is 6.03. The minimum absolute atomic E-state index is 0.177. The topological polar surface area (TPSA) is 76.1 Å². The van der Waals surface area contributed by atoms with E-state index < -0.39 is 12.3 Å². The molecule has 0 saturated carbocycles. The Hall–Kier alpha value is -1.76. The largest absolute Gasteiger partial charge is 0.391 e. The molecule has 0 aromatic heterocycles. The fourth-order valence-corrected chi connectivity index (χ4v) is 2.33. The molecule has 1 aromatic rings. The summed E-state index contributed by atoms with van der Waals surface area (Å²) in [6.07, 6.45) is -0.675. The number of amides is 2. The number of imide groups is 1. The molecule has 1 saturated heterocycles. The van der Waals surface area contributed by atoms with Crippen LogP contribution >= 0.6 is 0 Å². The number of ether oxygens (including phenoxy) is 2. The summed E-state index contributed by atoms with van der Waals surface area (Å²) in [6.45, 7) is 0.113. The van der Waals surface area contributed by atoms with Gasteiger partial charge in [-0.05, 0) is 12.1 Å². The summed E-state index contributed by atoms with van der Waals surface area (Å²) in [7, 11) is 0. The molecule has 1 aromatic carbocycles. The summed E-state index contributed by atoms with van der Waals surface area (Å²) in [4.78, 5) is 25.6. The van der Waals surface area contributed by atoms with Gasteiger partial charge in [0.1, 0.15) is 0 Å². The average Bonchev–Trinajstić information content (AvgIpc) is 2.72. The molecule has 0 aliphatic carbocycles. The van der Waals surface area contributed by atoms with Gasteiger partial charge in [0.25, 0.3) is 11.8 Å². The second-order valence-corrected chi connectivity index (χ2v) is 4.46. The van der Waals surface area contributed by atoms with Crippen molar-refractivity contribution in [1.82, 2.24) is 4.90 Å². The van der Waals surface area contributed by atoms with E-state index in [2.05, 4.69) is 0 Å². The molecule has 6 heteroatoms. The summed E-state index contributed by atoms with van der Waals surface area (Å²) in [5, 5.41) is 8.89. The van der Waals surface area contributed by atoms with Crippen molar-refractivity contribution in [3.8, 4) is 0 Å². The van der Waals surface area contributed by atoms with E-state index in [1.807, 2.05) is 0 Å². The van der Waals surface area contributed by atoms with Crippen molar-refractivity contribution in [3.63, 3.8) is 0 Å². The first kappa shape index (κ1) is 12.3. The van der Waals surface area contributed by atoms with Gasteiger partial charge in [0.05, 0.1) is 37.0 Å². The molecule has 2 aliphatic rings. The number of carbonyl (C=O) groups excluding carboxylic acids is 2. The Balaban J connectivity index is 1.81. The van der Waals surface area contributed by atoms with E-state index in [0.717, 1.165) is 0 Å². The Kier molecular flexibility index (Phi) is 3.06. The summed E-state index contributed by atoms with van der Waals surface area (Å²) >= 11 is 0. The van der Waals surface area contributed by atoms with Gasteiger partial charge in [-0.1, -0.05) is 12.1 Å². The normalized spacial score (nSPS) is 26.7. The van der Waals surface area contributed by atoms with Crippen LogP contribution in [0.15, 0.2) is 24.3 Å². The van der Waals surface area contributed by atoms with E-state index >= 15 is 0 Å². The van der Waals surface area contributed by atoms with Crippen molar-refractivity contribution < 1.29 is 24.2 Å². The molecule has 1 fully saturated rings. The quantitative estimate of drug-likeness (QED) is 0.761. The van der Waals surface area contributed by atoms with Gasteiger partial charge >= 0.3 is 0 Å². The summed E-state index contributed by atoms with van der Waals surface area (Å²) < 4.78 is 10.5. The maximum Gasteiger partial charge on any atom is 0.261 e. The van der Waals surface area contributed by atoms with E-state index in [9.17, 15) is 9.59 Å². The standard InChI is InChI=1S/C13H13NO5/c15-5-11-18-6-8(7-19-11)14-12(16)9-3-1-2-4-10(9)13(14)17/h1-4,8,11,15H,5-7H2/t8-,11-. The van der Waals surface area contributed by atoms with Crippen LogP contribution in [0.25, 0.3) is 0 Å². The predicted octanol–water partition coefficient (Wildman–Crippen LogP) is 0.0164. The maximum atomic E-state index is 12.2. The zero-order chi connectivity index (χ0) is 13.4. The molecule has 0 radical (unpaired) electrons. The lowest BCUT2D eigenvalue weighted by Crippen LogP contribution is -2.50. The van der Waals surface area contributed by atoms with Crippen molar-refractivity contribution in [2.75, 3.05) is 19.8 Å². The molecule has 0 atom stereocenters. The molecule has 0 spiro atoms. The zero-order valence-corrected chi connectivity index (χ0v) is 10.1. The third kappa shape index (κ3) is 1.94. The predicted molar refractivity (Wildman–Crippen MR) is 63.5 cm³/mol. The Morgan fingerprint density at radius 1 is 1.11 bits per heavy atom. The minimum Gasteiger partial charge on any atom is -0.391 e. The number of carbonyl (C=O) groups is 2. The van der Waals surface area contributed by atoms with Crippen LogP contribution in [0.3, 0.4) is 0 Å². The molecule has 6 nitrogen and oxygen atoms in total. The highest BCUT2D eigenvalue weighted by Crippen LogP contribution is 2.26. The Morgan fingerprint density at radius 3 is 2.11 bits per heavy atom. The molecule has 19 heavy (non-hydrogen) atoms. The molecule has 0 unspecified atom stereocenters. The fourth-order valence-electron chi connectivity index (χ4n) is 2.33. The summed E-state index contributed by atoms with van der Waals surface area (Å²) in [5.74, 6) is -0.638. The highest BCUT2D eigenvalue weighted by atomic mass is 16.7. The molecular weight excluding hydrogens is 250 g/mol. The van der Waals surface area contributed by atoms with Crippen molar-refractivity contribution >= 4 is 11.8 Å². The van der Waals surface area contributed by atoms with Crippen LogP contribution < -0.4 is 0 Å².